The van der Waals surface area contributed by atoms with E-state index >= 15 is 0 Å². The summed E-state index contributed by atoms with van der Waals surface area (Å²) in [5, 5.41) is 4.48. The fourth-order valence-corrected chi connectivity index (χ4v) is 3.83. The van der Waals surface area contributed by atoms with Crippen LogP contribution in [0.2, 0.25) is 0 Å². The van der Waals surface area contributed by atoms with Crippen LogP contribution in [0.4, 0.5) is 5.69 Å². The Hall–Kier alpha value is -0.230. The van der Waals surface area contributed by atoms with Crippen LogP contribution < -0.4 is 5.32 Å². The number of hydrogen-bond acceptors (Lipinski definition) is 3. The van der Waals surface area contributed by atoms with Crippen LogP contribution >= 0.6 is 34.4 Å². The molecule has 0 unspecified atom stereocenters. The van der Waals surface area contributed by atoms with Gasteiger partial charge in [0.25, 0.3) is 0 Å². The third-order valence-electron chi connectivity index (χ3n) is 3.65. The zero-order chi connectivity index (χ0) is 13.0. The van der Waals surface area contributed by atoms with Crippen molar-refractivity contribution in [2.24, 2.45) is 10.4 Å². The lowest BCUT2D eigenvalue weighted by Gasteiger charge is -2.33. The third kappa shape index (κ3) is 3.41. The molecule has 1 aromatic carbocycles. The molecule has 18 heavy (non-hydrogen) atoms. The molecule has 0 aromatic heterocycles. The van der Waals surface area contributed by atoms with Gasteiger partial charge in [-0.25, -0.2) is 0 Å². The summed E-state index contributed by atoms with van der Waals surface area (Å²) in [5.74, 6) is 1.18. The first-order valence-corrected chi connectivity index (χ1v) is 8.44. The topological polar surface area (TPSA) is 24.4 Å². The molecular formula is C14H19IN2S. The Morgan fingerprint density at radius 3 is 2.72 bits per heavy atom. The lowest BCUT2D eigenvalue weighted by molar-refractivity contribution is 0.318. The van der Waals surface area contributed by atoms with Crippen LogP contribution in [-0.2, 0) is 0 Å². The number of amidine groups is 1. The Morgan fingerprint density at radius 2 is 2.17 bits per heavy atom. The van der Waals surface area contributed by atoms with Gasteiger partial charge in [-0.3, -0.25) is 4.99 Å². The Morgan fingerprint density at radius 1 is 1.39 bits per heavy atom. The number of nitrogens with one attached hydrogen (secondary N) is 1. The lowest BCUT2D eigenvalue weighted by atomic mass is 9.84. The van der Waals surface area contributed by atoms with Crippen LogP contribution in [0, 0.1) is 8.99 Å². The molecule has 1 aliphatic heterocycles. The molecule has 2 rings (SSSR count). The zero-order valence-electron chi connectivity index (χ0n) is 10.9. The average Bonchev–Trinajstić information content (AvgIpc) is 2.40. The minimum atomic E-state index is 0.418. The summed E-state index contributed by atoms with van der Waals surface area (Å²) < 4.78 is 1.25. The van der Waals surface area contributed by atoms with E-state index in [1.807, 2.05) is 11.8 Å². The summed E-state index contributed by atoms with van der Waals surface area (Å²) >= 11 is 4.19. The van der Waals surface area contributed by atoms with Crippen molar-refractivity contribution in [3.63, 3.8) is 0 Å². The number of nitrogens with zero attached hydrogens (tertiary/aromatic N) is 1. The quantitative estimate of drug-likeness (QED) is 0.782. The van der Waals surface area contributed by atoms with Gasteiger partial charge in [-0.15, -0.1) is 0 Å². The van der Waals surface area contributed by atoms with Gasteiger partial charge in [0.15, 0.2) is 5.17 Å². The molecule has 0 bridgehead atoms. The maximum atomic E-state index is 4.72. The number of hydrogen-bond donors (Lipinski definition) is 1. The molecule has 4 heteroatoms. The Labute approximate surface area is 127 Å². The molecule has 0 saturated heterocycles. The summed E-state index contributed by atoms with van der Waals surface area (Å²) in [6.07, 6.45) is 2.44. The summed E-state index contributed by atoms with van der Waals surface area (Å²) in [6.45, 7) is 5.51. The highest BCUT2D eigenvalue weighted by Gasteiger charge is 2.30. The molecule has 0 amide bonds. The molecule has 0 fully saturated rings. The van der Waals surface area contributed by atoms with Crippen LogP contribution in [0.1, 0.15) is 26.7 Å². The minimum absolute atomic E-state index is 0.418. The van der Waals surface area contributed by atoms with E-state index in [4.69, 9.17) is 4.99 Å². The van der Waals surface area contributed by atoms with Gasteiger partial charge >= 0.3 is 0 Å². The molecule has 0 spiro atoms. The fourth-order valence-electron chi connectivity index (χ4n) is 2.00. The Kier molecular flexibility index (Phi) is 4.95. The van der Waals surface area contributed by atoms with E-state index in [2.05, 4.69) is 66.0 Å². The molecule has 1 aromatic rings. The van der Waals surface area contributed by atoms with E-state index in [0.29, 0.717) is 5.41 Å². The van der Waals surface area contributed by atoms with Crippen LogP contribution in [0.3, 0.4) is 0 Å². The van der Waals surface area contributed by atoms with Crippen molar-refractivity contribution in [3.05, 3.63) is 27.8 Å². The first-order chi connectivity index (χ1) is 8.67. The largest absolute Gasteiger partial charge is 0.335 e. The fraction of sp³-hybridized carbons (Fsp3) is 0.500. The molecule has 0 radical (unpaired) electrons. The third-order valence-corrected chi connectivity index (χ3v) is 5.58. The SMILES string of the molecule is CCC1(CC)CN=C(Nc2cccc(I)c2)SC1. The molecule has 0 saturated carbocycles. The van der Waals surface area contributed by atoms with E-state index < -0.39 is 0 Å². The summed E-state index contributed by atoms with van der Waals surface area (Å²) in [4.78, 5) is 4.72. The average molecular weight is 374 g/mol. The second kappa shape index (κ2) is 6.28. The van der Waals surface area contributed by atoms with Crippen molar-refractivity contribution in [1.82, 2.24) is 0 Å². The van der Waals surface area contributed by atoms with Crippen molar-refractivity contribution in [1.29, 1.82) is 0 Å². The van der Waals surface area contributed by atoms with E-state index in [9.17, 15) is 0 Å². The molecular weight excluding hydrogens is 355 g/mol. The smallest absolute Gasteiger partial charge is 0.161 e. The highest BCUT2D eigenvalue weighted by molar-refractivity contribution is 14.1. The number of benzene rings is 1. The summed E-state index contributed by atoms with van der Waals surface area (Å²) in [7, 11) is 0. The van der Waals surface area contributed by atoms with Gasteiger partial charge in [0.2, 0.25) is 0 Å². The van der Waals surface area contributed by atoms with E-state index in [1.165, 1.54) is 22.2 Å². The number of rotatable bonds is 3. The van der Waals surface area contributed by atoms with Gasteiger partial charge in [0, 0.05) is 21.6 Å². The second-order valence-corrected chi connectivity index (χ2v) is 6.96. The molecule has 1 aliphatic rings. The van der Waals surface area contributed by atoms with Gasteiger partial charge < -0.3 is 5.32 Å². The standard InChI is InChI=1S/C14H19IN2S/c1-3-14(4-2)9-16-13(18-10-14)17-12-7-5-6-11(15)8-12/h5-8H,3-4,9-10H2,1-2H3,(H,16,17). The van der Waals surface area contributed by atoms with Crippen LogP contribution in [-0.4, -0.2) is 17.5 Å². The summed E-state index contributed by atoms with van der Waals surface area (Å²) in [5.41, 5.74) is 1.55. The molecule has 1 N–H and O–H groups in total. The van der Waals surface area contributed by atoms with E-state index in [1.54, 1.807) is 0 Å². The van der Waals surface area contributed by atoms with E-state index in [-0.39, 0.29) is 0 Å². The van der Waals surface area contributed by atoms with Crippen LogP contribution in [0.15, 0.2) is 29.3 Å². The molecule has 2 nitrogen and oxygen atoms in total. The molecule has 0 aliphatic carbocycles. The lowest BCUT2D eigenvalue weighted by Crippen LogP contribution is -2.32. The number of halogens is 1. The first-order valence-electron chi connectivity index (χ1n) is 6.37. The van der Waals surface area contributed by atoms with Gasteiger partial charge in [-0.05, 0) is 59.0 Å². The van der Waals surface area contributed by atoms with Crippen LogP contribution in [0.5, 0.6) is 0 Å². The Balaban J connectivity index is 2.02. The molecule has 1 heterocycles. The monoisotopic (exact) mass is 374 g/mol. The van der Waals surface area contributed by atoms with Crippen molar-refractivity contribution in [2.45, 2.75) is 26.7 Å². The second-order valence-electron chi connectivity index (χ2n) is 4.75. The number of aliphatic imine (C=N–C) groups is 1. The first kappa shape index (κ1) is 14.2. The van der Waals surface area contributed by atoms with E-state index in [0.717, 1.165) is 17.4 Å². The molecule has 0 atom stereocenters. The normalized spacial score (nSPS) is 18.3. The molecule has 98 valence electrons. The van der Waals surface area contributed by atoms with Crippen molar-refractivity contribution in [3.8, 4) is 0 Å². The van der Waals surface area contributed by atoms with Crippen LogP contribution in [0.25, 0.3) is 0 Å². The number of anilines is 1. The predicted molar refractivity (Wildman–Crippen MR) is 90.6 cm³/mol. The number of thioether (sulfide) groups is 1. The maximum absolute atomic E-state index is 4.72. The summed E-state index contributed by atoms with van der Waals surface area (Å²) in [6, 6.07) is 8.40. The van der Waals surface area contributed by atoms with Crippen molar-refractivity contribution < 1.29 is 0 Å². The van der Waals surface area contributed by atoms with Gasteiger partial charge in [0.1, 0.15) is 0 Å². The van der Waals surface area contributed by atoms with Gasteiger partial charge in [-0.2, -0.15) is 0 Å². The highest BCUT2D eigenvalue weighted by atomic mass is 127. The van der Waals surface area contributed by atoms with Gasteiger partial charge in [0.05, 0.1) is 0 Å². The van der Waals surface area contributed by atoms with Gasteiger partial charge in [-0.1, -0.05) is 31.7 Å². The maximum Gasteiger partial charge on any atom is 0.161 e. The predicted octanol–water partition coefficient (Wildman–Crippen LogP) is 4.61. The van der Waals surface area contributed by atoms with Crippen molar-refractivity contribution in [2.75, 3.05) is 17.6 Å². The highest BCUT2D eigenvalue weighted by Crippen LogP contribution is 2.35. The minimum Gasteiger partial charge on any atom is -0.335 e. The zero-order valence-corrected chi connectivity index (χ0v) is 13.8. The Bertz CT molecular complexity index is 441. The van der Waals surface area contributed by atoms with Crippen molar-refractivity contribution >= 4 is 45.2 Å².